The predicted octanol–water partition coefficient (Wildman–Crippen LogP) is 2.61. The van der Waals surface area contributed by atoms with Crippen molar-refractivity contribution in [2.75, 3.05) is 33.2 Å². The molecule has 1 heterocycles. The van der Waals surface area contributed by atoms with Crippen LogP contribution in [0.4, 0.5) is 0 Å². The number of guanidine groups is 1. The van der Waals surface area contributed by atoms with Crippen LogP contribution in [0.25, 0.3) is 0 Å². The summed E-state index contributed by atoms with van der Waals surface area (Å²) in [5.74, 6) is 0.958. The van der Waals surface area contributed by atoms with Crippen LogP contribution in [0.15, 0.2) is 4.99 Å². The maximum absolute atomic E-state index is 4.31. The van der Waals surface area contributed by atoms with E-state index < -0.39 is 0 Å². The summed E-state index contributed by atoms with van der Waals surface area (Å²) in [6.45, 7) is 9.10. The Kier molecular flexibility index (Phi) is 9.46. The topological polar surface area (TPSA) is 39.7 Å². The minimum atomic E-state index is 0.649. The van der Waals surface area contributed by atoms with E-state index in [9.17, 15) is 0 Å². The number of likely N-dealkylation sites (tertiary alicyclic amines) is 1. The van der Waals surface area contributed by atoms with Gasteiger partial charge >= 0.3 is 0 Å². The van der Waals surface area contributed by atoms with Gasteiger partial charge in [-0.25, -0.2) is 0 Å². The lowest BCUT2D eigenvalue weighted by molar-refractivity contribution is 0.236. The SMILES string of the molecule is CCCCCCNC(=NC)NCC(CC)N1CCCC1. The average Bonchev–Trinajstić information content (AvgIpc) is 2.99. The van der Waals surface area contributed by atoms with E-state index >= 15 is 0 Å². The fraction of sp³-hybridized carbons (Fsp3) is 0.938. The molecule has 1 atom stereocenters. The quantitative estimate of drug-likeness (QED) is 0.388. The highest BCUT2D eigenvalue weighted by molar-refractivity contribution is 5.79. The average molecular weight is 282 g/mol. The molecule has 0 aliphatic carbocycles. The van der Waals surface area contributed by atoms with E-state index in [4.69, 9.17) is 0 Å². The number of unbranched alkanes of at least 4 members (excludes halogenated alkanes) is 3. The number of nitrogens with one attached hydrogen (secondary N) is 2. The first-order valence-electron chi connectivity index (χ1n) is 8.50. The lowest BCUT2D eigenvalue weighted by Crippen LogP contribution is -2.46. The van der Waals surface area contributed by atoms with Crippen LogP contribution >= 0.6 is 0 Å². The molecule has 0 spiro atoms. The molecule has 0 radical (unpaired) electrons. The third-order valence-electron chi connectivity index (χ3n) is 4.18. The smallest absolute Gasteiger partial charge is 0.191 e. The molecule has 0 saturated carbocycles. The Morgan fingerprint density at radius 1 is 1.10 bits per heavy atom. The van der Waals surface area contributed by atoms with Crippen molar-refractivity contribution in [3.8, 4) is 0 Å². The summed E-state index contributed by atoms with van der Waals surface area (Å²) < 4.78 is 0. The van der Waals surface area contributed by atoms with Gasteiger partial charge in [-0.3, -0.25) is 9.89 Å². The van der Waals surface area contributed by atoms with Crippen molar-refractivity contribution in [2.24, 2.45) is 4.99 Å². The van der Waals surface area contributed by atoms with Crippen molar-refractivity contribution < 1.29 is 0 Å². The summed E-state index contributed by atoms with van der Waals surface area (Å²) in [7, 11) is 1.86. The Hall–Kier alpha value is -0.770. The molecule has 0 amide bonds. The van der Waals surface area contributed by atoms with Crippen LogP contribution in [0.1, 0.15) is 58.8 Å². The second-order valence-corrected chi connectivity index (χ2v) is 5.75. The van der Waals surface area contributed by atoms with Crippen molar-refractivity contribution in [1.29, 1.82) is 0 Å². The molecule has 1 fully saturated rings. The highest BCUT2D eigenvalue weighted by atomic mass is 15.2. The first-order valence-corrected chi connectivity index (χ1v) is 8.50. The van der Waals surface area contributed by atoms with Crippen LogP contribution in [-0.2, 0) is 0 Å². The fourth-order valence-electron chi connectivity index (χ4n) is 2.83. The zero-order valence-corrected chi connectivity index (χ0v) is 13.7. The van der Waals surface area contributed by atoms with Crippen molar-refractivity contribution >= 4 is 5.96 Å². The molecule has 2 N–H and O–H groups in total. The number of hydrogen-bond donors (Lipinski definition) is 2. The lowest BCUT2D eigenvalue weighted by atomic mass is 10.2. The Morgan fingerprint density at radius 3 is 2.45 bits per heavy atom. The molecule has 20 heavy (non-hydrogen) atoms. The summed E-state index contributed by atoms with van der Waals surface area (Å²) >= 11 is 0. The van der Waals surface area contributed by atoms with Crippen LogP contribution in [0.3, 0.4) is 0 Å². The van der Waals surface area contributed by atoms with Gasteiger partial charge in [-0.1, -0.05) is 33.1 Å². The minimum Gasteiger partial charge on any atom is -0.356 e. The van der Waals surface area contributed by atoms with Gasteiger partial charge < -0.3 is 10.6 Å². The van der Waals surface area contributed by atoms with E-state index in [1.54, 1.807) is 0 Å². The number of nitrogens with zero attached hydrogens (tertiary/aromatic N) is 2. The van der Waals surface area contributed by atoms with Gasteiger partial charge in [0.15, 0.2) is 5.96 Å². The van der Waals surface area contributed by atoms with Crippen molar-refractivity contribution in [3.05, 3.63) is 0 Å². The van der Waals surface area contributed by atoms with Crippen LogP contribution in [-0.4, -0.2) is 50.1 Å². The lowest BCUT2D eigenvalue weighted by Gasteiger charge is -2.27. The van der Waals surface area contributed by atoms with Gasteiger partial charge in [-0.05, 0) is 38.8 Å². The molecular formula is C16H34N4. The van der Waals surface area contributed by atoms with E-state index in [0.717, 1.165) is 19.0 Å². The third-order valence-corrected chi connectivity index (χ3v) is 4.18. The molecule has 4 nitrogen and oxygen atoms in total. The number of hydrogen-bond acceptors (Lipinski definition) is 2. The van der Waals surface area contributed by atoms with Crippen LogP contribution in [0.2, 0.25) is 0 Å². The Balaban J connectivity index is 2.18. The molecule has 0 bridgehead atoms. The Morgan fingerprint density at radius 2 is 1.85 bits per heavy atom. The first-order chi connectivity index (χ1) is 9.81. The molecule has 0 aromatic carbocycles. The maximum atomic E-state index is 4.31. The molecule has 0 aromatic rings. The second-order valence-electron chi connectivity index (χ2n) is 5.75. The summed E-state index contributed by atoms with van der Waals surface area (Å²) in [4.78, 5) is 6.93. The third kappa shape index (κ3) is 6.60. The van der Waals surface area contributed by atoms with Gasteiger partial charge in [0, 0.05) is 26.2 Å². The van der Waals surface area contributed by atoms with Crippen molar-refractivity contribution in [2.45, 2.75) is 64.8 Å². The van der Waals surface area contributed by atoms with Gasteiger partial charge in [0.2, 0.25) is 0 Å². The van der Waals surface area contributed by atoms with Crippen LogP contribution < -0.4 is 10.6 Å². The predicted molar refractivity (Wildman–Crippen MR) is 88.4 cm³/mol. The molecule has 1 aliphatic rings. The Bertz CT molecular complexity index is 259. The zero-order chi connectivity index (χ0) is 14.6. The second kappa shape index (κ2) is 11.0. The van der Waals surface area contributed by atoms with Crippen LogP contribution in [0, 0.1) is 0 Å². The number of aliphatic imine (C=N–C) groups is 1. The molecule has 1 unspecified atom stereocenters. The minimum absolute atomic E-state index is 0.649. The molecule has 1 rings (SSSR count). The van der Waals surface area contributed by atoms with Gasteiger partial charge in [0.1, 0.15) is 0 Å². The maximum Gasteiger partial charge on any atom is 0.191 e. The van der Waals surface area contributed by atoms with E-state index in [0.29, 0.717) is 6.04 Å². The molecule has 1 saturated heterocycles. The number of rotatable bonds is 9. The van der Waals surface area contributed by atoms with Gasteiger partial charge in [0.05, 0.1) is 0 Å². The van der Waals surface area contributed by atoms with E-state index in [1.165, 1.54) is 58.0 Å². The normalized spacial score (nSPS) is 18.2. The monoisotopic (exact) mass is 282 g/mol. The molecule has 0 aromatic heterocycles. The van der Waals surface area contributed by atoms with E-state index in [1.807, 2.05) is 7.05 Å². The summed E-state index contributed by atoms with van der Waals surface area (Å²) in [5.41, 5.74) is 0. The van der Waals surface area contributed by atoms with Crippen LogP contribution in [0.5, 0.6) is 0 Å². The summed E-state index contributed by atoms with van der Waals surface area (Å²) in [5, 5.41) is 6.90. The standard InChI is InChI=1S/C16H34N4/c1-4-6-7-8-11-18-16(17-3)19-14-15(5-2)20-12-9-10-13-20/h15H,4-14H2,1-3H3,(H2,17,18,19). The van der Waals surface area contributed by atoms with E-state index in [-0.39, 0.29) is 0 Å². The molecule has 4 heteroatoms. The van der Waals surface area contributed by atoms with Gasteiger partial charge in [-0.2, -0.15) is 0 Å². The fourth-order valence-corrected chi connectivity index (χ4v) is 2.83. The van der Waals surface area contributed by atoms with Crippen molar-refractivity contribution in [3.63, 3.8) is 0 Å². The summed E-state index contributed by atoms with van der Waals surface area (Å²) in [6, 6.07) is 0.649. The van der Waals surface area contributed by atoms with Crippen molar-refractivity contribution in [1.82, 2.24) is 15.5 Å². The first kappa shape index (κ1) is 17.3. The highest BCUT2D eigenvalue weighted by Gasteiger charge is 2.20. The molecule has 1 aliphatic heterocycles. The molecule has 118 valence electrons. The Labute approximate surface area is 125 Å². The molecular weight excluding hydrogens is 248 g/mol. The largest absolute Gasteiger partial charge is 0.356 e. The highest BCUT2D eigenvalue weighted by Crippen LogP contribution is 2.13. The van der Waals surface area contributed by atoms with E-state index in [2.05, 4.69) is 34.4 Å². The van der Waals surface area contributed by atoms with Gasteiger partial charge in [-0.15, -0.1) is 0 Å². The summed E-state index contributed by atoms with van der Waals surface area (Å²) in [6.07, 6.45) is 9.10. The zero-order valence-electron chi connectivity index (χ0n) is 13.7. The van der Waals surface area contributed by atoms with Gasteiger partial charge in [0.25, 0.3) is 0 Å².